The molecule has 0 amide bonds. The summed E-state index contributed by atoms with van der Waals surface area (Å²) in [6, 6.07) is 1.44. The number of rotatable bonds is 0. The first-order valence-electron chi connectivity index (χ1n) is 3.53. The Bertz CT molecular complexity index is 91.1. The molecule has 0 aromatic carbocycles. The van der Waals surface area contributed by atoms with Crippen LogP contribution in [0.5, 0.6) is 0 Å². The summed E-state index contributed by atoms with van der Waals surface area (Å²) in [6.45, 7) is 5.66. The van der Waals surface area contributed by atoms with Gasteiger partial charge in [0.1, 0.15) is 0 Å². The van der Waals surface area contributed by atoms with Crippen molar-refractivity contribution in [3.05, 3.63) is 0 Å². The number of hydrogen-bond acceptors (Lipinski definition) is 2. The largest absolute Gasteiger partial charge is 0.289 e. The summed E-state index contributed by atoms with van der Waals surface area (Å²) in [6.07, 6.45) is 0. The fourth-order valence-electron chi connectivity index (χ4n) is 1.35. The summed E-state index contributed by atoms with van der Waals surface area (Å²) < 4.78 is 0. The van der Waals surface area contributed by atoms with Gasteiger partial charge in [-0.15, -0.1) is 0 Å². The molecule has 0 bridgehead atoms. The van der Waals surface area contributed by atoms with E-state index in [1.54, 1.807) is 0 Å². The molecule has 2 atom stereocenters. The molecule has 0 spiro atoms. The maximum Gasteiger partial charge on any atom is 0.0507 e. The molecule has 9 heavy (non-hydrogen) atoms. The van der Waals surface area contributed by atoms with Gasteiger partial charge in [-0.1, -0.05) is 0 Å². The maximum atomic E-state index is 2.37. The maximum absolute atomic E-state index is 2.37. The smallest absolute Gasteiger partial charge is 0.0507 e. The first-order chi connectivity index (χ1) is 4.13. The zero-order chi connectivity index (χ0) is 7.02. The highest BCUT2D eigenvalue weighted by atomic mass is 15.4. The summed E-state index contributed by atoms with van der Waals surface area (Å²) >= 11 is 0. The van der Waals surface area contributed by atoms with E-state index in [0.29, 0.717) is 0 Å². The highest BCUT2D eigenvalue weighted by Gasteiger charge is 2.28. The Balaban J connectivity index is 2.54. The van der Waals surface area contributed by atoms with Gasteiger partial charge in [-0.05, 0) is 27.9 Å². The highest BCUT2D eigenvalue weighted by Crippen LogP contribution is 2.15. The van der Waals surface area contributed by atoms with Gasteiger partial charge < -0.3 is 0 Å². The SMILES string of the molecule is CC1C(C)N(C)CN1C. The highest BCUT2D eigenvalue weighted by molar-refractivity contribution is 4.82. The van der Waals surface area contributed by atoms with E-state index in [1.165, 1.54) is 0 Å². The van der Waals surface area contributed by atoms with Gasteiger partial charge in [-0.2, -0.15) is 0 Å². The minimum atomic E-state index is 0.718. The Morgan fingerprint density at radius 2 is 1.33 bits per heavy atom. The van der Waals surface area contributed by atoms with Crippen LogP contribution in [0.15, 0.2) is 0 Å². The van der Waals surface area contributed by atoms with E-state index >= 15 is 0 Å². The molecule has 2 nitrogen and oxygen atoms in total. The van der Waals surface area contributed by atoms with E-state index in [0.717, 1.165) is 18.8 Å². The molecule has 1 heterocycles. The Labute approximate surface area is 57.4 Å². The Hall–Kier alpha value is -0.0800. The lowest BCUT2D eigenvalue weighted by Gasteiger charge is -2.16. The van der Waals surface area contributed by atoms with Crippen LogP contribution < -0.4 is 0 Å². The van der Waals surface area contributed by atoms with Crippen molar-refractivity contribution in [2.24, 2.45) is 0 Å². The average Bonchev–Trinajstić information content (AvgIpc) is 1.98. The van der Waals surface area contributed by atoms with Gasteiger partial charge in [0.05, 0.1) is 6.67 Å². The lowest BCUT2D eigenvalue weighted by Crippen LogP contribution is -2.29. The summed E-state index contributed by atoms with van der Waals surface area (Å²) in [5, 5.41) is 0. The Kier molecular flexibility index (Phi) is 1.78. The van der Waals surface area contributed by atoms with Crippen LogP contribution in [0.4, 0.5) is 0 Å². The molecule has 1 aliphatic rings. The quantitative estimate of drug-likeness (QED) is 0.471. The van der Waals surface area contributed by atoms with Crippen molar-refractivity contribution in [3.63, 3.8) is 0 Å². The first-order valence-corrected chi connectivity index (χ1v) is 3.53. The fourth-order valence-corrected chi connectivity index (χ4v) is 1.35. The lowest BCUT2D eigenvalue weighted by atomic mass is 10.2. The van der Waals surface area contributed by atoms with Gasteiger partial charge in [-0.25, -0.2) is 0 Å². The molecule has 1 aliphatic heterocycles. The van der Waals surface area contributed by atoms with Gasteiger partial charge in [-0.3, -0.25) is 9.80 Å². The molecule has 2 heteroatoms. The van der Waals surface area contributed by atoms with E-state index < -0.39 is 0 Å². The molecule has 1 saturated heterocycles. The number of hydrogen-bond donors (Lipinski definition) is 0. The van der Waals surface area contributed by atoms with Crippen LogP contribution in [-0.2, 0) is 0 Å². The van der Waals surface area contributed by atoms with Gasteiger partial charge in [0.25, 0.3) is 0 Å². The van der Waals surface area contributed by atoms with Gasteiger partial charge in [0.15, 0.2) is 0 Å². The molecular formula is C7H16N2. The van der Waals surface area contributed by atoms with E-state index in [2.05, 4.69) is 37.7 Å². The second-order valence-corrected chi connectivity index (χ2v) is 3.14. The van der Waals surface area contributed by atoms with Gasteiger partial charge in [0, 0.05) is 12.1 Å². The van der Waals surface area contributed by atoms with Crippen LogP contribution in [0, 0.1) is 0 Å². The van der Waals surface area contributed by atoms with Crippen LogP contribution in [-0.4, -0.2) is 42.6 Å². The molecule has 0 aliphatic carbocycles. The lowest BCUT2D eigenvalue weighted by molar-refractivity contribution is 0.289. The third kappa shape index (κ3) is 1.10. The number of likely N-dealkylation sites (N-methyl/N-ethyl adjacent to an activating group) is 2. The molecule has 1 fully saturated rings. The zero-order valence-corrected chi connectivity index (χ0v) is 6.76. The normalized spacial score (nSPS) is 40.0. The van der Waals surface area contributed by atoms with Crippen molar-refractivity contribution in [1.82, 2.24) is 9.80 Å². The molecule has 54 valence electrons. The number of nitrogens with zero attached hydrogens (tertiary/aromatic N) is 2. The summed E-state index contributed by atoms with van der Waals surface area (Å²) in [5.74, 6) is 0. The third-order valence-electron chi connectivity index (χ3n) is 2.53. The molecule has 1 rings (SSSR count). The molecular weight excluding hydrogens is 112 g/mol. The Morgan fingerprint density at radius 1 is 1.00 bits per heavy atom. The van der Waals surface area contributed by atoms with Crippen molar-refractivity contribution >= 4 is 0 Å². The van der Waals surface area contributed by atoms with E-state index in [-0.39, 0.29) is 0 Å². The minimum Gasteiger partial charge on any atom is -0.289 e. The van der Waals surface area contributed by atoms with Gasteiger partial charge >= 0.3 is 0 Å². The fraction of sp³-hybridized carbons (Fsp3) is 1.00. The monoisotopic (exact) mass is 128 g/mol. The summed E-state index contributed by atoms with van der Waals surface area (Å²) in [5.41, 5.74) is 0. The molecule has 0 N–H and O–H groups in total. The van der Waals surface area contributed by atoms with Crippen LogP contribution in [0.1, 0.15) is 13.8 Å². The predicted molar refractivity (Wildman–Crippen MR) is 39.3 cm³/mol. The van der Waals surface area contributed by atoms with E-state index in [9.17, 15) is 0 Å². The molecule has 0 saturated carbocycles. The van der Waals surface area contributed by atoms with Crippen molar-refractivity contribution in [1.29, 1.82) is 0 Å². The van der Waals surface area contributed by atoms with Crippen LogP contribution in [0.3, 0.4) is 0 Å². The summed E-state index contributed by atoms with van der Waals surface area (Å²) in [7, 11) is 4.34. The molecule has 0 aromatic rings. The van der Waals surface area contributed by atoms with Crippen LogP contribution in [0.2, 0.25) is 0 Å². The van der Waals surface area contributed by atoms with Crippen LogP contribution in [0.25, 0.3) is 0 Å². The van der Waals surface area contributed by atoms with Crippen molar-refractivity contribution in [3.8, 4) is 0 Å². The van der Waals surface area contributed by atoms with Crippen molar-refractivity contribution in [2.45, 2.75) is 25.9 Å². The minimum absolute atomic E-state index is 0.718. The summed E-state index contributed by atoms with van der Waals surface area (Å²) in [4.78, 5) is 4.73. The van der Waals surface area contributed by atoms with E-state index in [4.69, 9.17) is 0 Å². The Morgan fingerprint density at radius 3 is 1.44 bits per heavy atom. The third-order valence-corrected chi connectivity index (χ3v) is 2.53. The second-order valence-electron chi connectivity index (χ2n) is 3.14. The van der Waals surface area contributed by atoms with Crippen LogP contribution >= 0.6 is 0 Å². The molecule has 0 aromatic heterocycles. The predicted octanol–water partition coefficient (Wildman–Crippen LogP) is 0.598. The molecule has 2 unspecified atom stereocenters. The van der Waals surface area contributed by atoms with Gasteiger partial charge in [0.2, 0.25) is 0 Å². The van der Waals surface area contributed by atoms with E-state index in [1.807, 2.05) is 0 Å². The molecule has 0 radical (unpaired) electrons. The average molecular weight is 128 g/mol. The van der Waals surface area contributed by atoms with Crippen molar-refractivity contribution in [2.75, 3.05) is 20.8 Å². The standard InChI is InChI=1S/C7H16N2/c1-6-7(2)9(4)5-8(6)3/h6-7H,5H2,1-4H3. The first kappa shape index (κ1) is 7.03. The topological polar surface area (TPSA) is 6.48 Å². The zero-order valence-electron chi connectivity index (χ0n) is 6.76. The van der Waals surface area contributed by atoms with Crippen molar-refractivity contribution < 1.29 is 0 Å². The second kappa shape index (κ2) is 2.27.